The smallest absolute Gasteiger partial charge is 0.115 e. The quantitative estimate of drug-likeness (QED) is 0.767. The van der Waals surface area contributed by atoms with E-state index in [9.17, 15) is 5.11 Å². The van der Waals surface area contributed by atoms with Crippen molar-refractivity contribution in [2.75, 3.05) is 20.1 Å². The Bertz CT molecular complexity index is 468. The number of hydrogen-bond acceptors (Lipinski definition) is 2. The number of piperidine rings is 1. The van der Waals surface area contributed by atoms with Crippen molar-refractivity contribution in [1.29, 1.82) is 0 Å². The molecule has 96 valence electrons. The highest BCUT2D eigenvalue weighted by atomic mass is 16.3. The molecule has 1 aromatic carbocycles. The van der Waals surface area contributed by atoms with Gasteiger partial charge in [0.25, 0.3) is 0 Å². The molecule has 0 amide bonds. The van der Waals surface area contributed by atoms with E-state index in [2.05, 4.69) is 30.2 Å². The van der Waals surface area contributed by atoms with Gasteiger partial charge in [-0.05, 0) is 56.5 Å². The topological polar surface area (TPSA) is 23.5 Å². The molecule has 0 radical (unpaired) electrons. The standard InChI is InChI=1S/C16H21NO/c1-17-10-9-16(8-3-2-5-14(16)12-17)13-6-4-7-15(18)11-13/h2-4,6-7,11,14,18H,5,8-10,12H2,1H3/t14-,16-/m0/s1. The zero-order valence-electron chi connectivity index (χ0n) is 11.0. The molecule has 0 unspecified atom stereocenters. The Hall–Kier alpha value is -1.28. The fraction of sp³-hybridized carbons (Fsp3) is 0.500. The number of phenolic OH excluding ortho intramolecular Hbond substituents is 1. The first-order chi connectivity index (χ1) is 8.71. The highest BCUT2D eigenvalue weighted by molar-refractivity contribution is 5.36. The Balaban J connectivity index is 2.02. The molecule has 2 atom stereocenters. The van der Waals surface area contributed by atoms with E-state index < -0.39 is 0 Å². The number of aromatic hydroxyl groups is 1. The summed E-state index contributed by atoms with van der Waals surface area (Å²) in [5.41, 5.74) is 1.57. The van der Waals surface area contributed by atoms with Gasteiger partial charge in [0.2, 0.25) is 0 Å². The molecule has 2 aliphatic rings. The van der Waals surface area contributed by atoms with Crippen LogP contribution in [0.5, 0.6) is 5.75 Å². The largest absolute Gasteiger partial charge is 0.508 e. The summed E-state index contributed by atoms with van der Waals surface area (Å²) in [6.07, 6.45) is 8.13. The Morgan fingerprint density at radius 3 is 3.06 bits per heavy atom. The zero-order chi connectivity index (χ0) is 12.6. The fourth-order valence-corrected chi connectivity index (χ4v) is 3.67. The van der Waals surface area contributed by atoms with E-state index in [0.29, 0.717) is 11.7 Å². The van der Waals surface area contributed by atoms with Crippen LogP contribution in [0.2, 0.25) is 0 Å². The van der Waals surface area contributed by atoms with Gasteiger partial charge in [0.1, 0.15) is 5.75 Å². The summed E-state index contributed by atoms with van der Waals surface area (Å²) in [7, 11) is 2.21. The van der Waals surface area contributed by atoms with Crippen LogP contribution in [-0.4, -0.2) is 30.1 Å². The molecule has 0 spiro atoms. The second kappa shape index (κ2) is 4.43. The third-order valence-corrected chi connectivity index (χ3v) is 4.74. The molecule has 1 fully saturated rings. The molecule has 0 saturated carbocycles. The normalized spacial score (nSPS) is 32.2. The van der Waals surface area contributed by atoms with Gasteiger partial charge in [-0.15, -0.1) is 0 Å². The van der Waals surface area contributed by atoms with Gasteiger partial charge in [-0.25, -0.2) is 0 Å². The van der Waals surface area contributed by atoms with Crippen molar-refractivity contribution in [3.8, 4) is 5.75 Å². The predicted octanol–water partition coefficient (Wildman–Crippen LogP) is 2.93. The van der Waals surface area contributed by atoms with Crippen LogP contribution in [-0.2, 0) is 5.41 Å². The Kier molecular flexibility index (Phi) is 2.90. The first kappa shape index (κ1) is 11.8. The Morgan fingerprint density at radius 2 is 2.22 bits per heavy atom. The van der Waals surface area contributed by atoms with Crippen molar-refractivity contribution in [2.24, 2.45) is 5.92 Å². The summed E-state index contributed by atoms with van der Waals surface area (Å²) in [5, 5.41) is 9.75. The average Bonchev–Trinajstić information content (AvgIpc) is 2.38. The predicted molar refractivity (Wildman–Crippen MR) is 73.8 cm³/mol. The van der Waals surface area contributed by atoms with Crippen molar-refractivity contribution in [1.82, 2.24) is 4.90 Å². The van der Waals surface area contributed by atoms with Crippen LogP contribution in [0.15, 0.2) is 36.4 Å². The number of likely N-dealkylation sites (tertiary alicyclic amines) is 1. The molecule has 18 heavy (non-hydrogen) atoms. The molecule has 1 aliphatic heterocycles. The van der Waals surface area contributed by atoms with Crippen LogP contribution in [0.4, 0.5) is 0 Å². The maximum absolute atomic E-state index is 9.75. The number of nitrogens with zero attached hydrogens (tertiary/aromatic N) is 1. The van der Waals surface area contributed by atoms with Gasteiger partial charge in [0.05, 0.1) is 0 Å². The third-order valence-electron chi connectivity index (χ3n) is 4.74. The minimum absolute atomic E-state index is 0.250. The second-order valence-corrected chi connectivity index (χ2v) is 5.83. The summed E-state index contributed by atoms with van der Waals surface area (Å²) in [4.78, 5) is 2.44. The van der Waals surface area contributed by atoms with Gasteiger partial charge in [0.15, 0.2) is 0 Å². The summed E-state index contributed by atoms with van der Waals surface area (Å²) in [6, 6.07) is 7.91. The lowest BCUT2D eigenvalue weighted by Crippen LogP contribution is -2.49. The van der Waals surface area contributed by atoms with E-state index in [1.54, 1.807) is 6.07 Å². The van der Waals surface area contributed by atoms with Crippen molar-refractivity contribution >= 4 is 0 Å². The molecule has 0 aromatic heterocycles. The number of hydrogen-bond donors (Lipinski definition) is 1. The molecule has 1 aromatic rings. The van der Waals surface area contributed by atoms with Gasteiger partial charge in [0, 0.05) is 12.0 Å². The number of allylic oxidation sites excluding steroid dienone is 2. The van der Waals surface area contributed by atoms with Crippen LogP contribution in [0.3, 0.4) is 0 Å². The first-order valence-corrected chi connectivity index (χ1v) is 6.84. The van der Waals surface area contributed by atoms with Crippen LogP contribution in [0, 0.1) is 5.92 Å². The maximum Gasteiger partial charge on any atom is 0.115 e. The minimum Gasteiger partial charge on any atom is -0.508 e. The number of benzene rings is 1. The number of rotatable bonds is 1. The molecule has 1 aliphatic carbocycles. The van der Waals surface area contributed by atoms with E-state index >= 15 is 0 Å². The van der Waals surface area contributed by atoms with Crippen LogP contribution < -0.4 is 0 Å². The maximum atomic E-state index is 9.75. The summed E-state index contributed by atoms with van der Waals surface area (Å²) in [6.45, 7) is 2.32. The highest BCUT2D eigenvalue weighted by Gasteiger charge is 2.43. The summed E-state index contributed by atoms with van der Waals surface area (Å²) >= 11 is 0. The average molecular weight is 243 g/mol. The van der Waals surface area contributed by atoms with Crippen molar-refractivity contribution in [2.45, 2.75) is 24.7 Å². The summed E-state index contributed by atoms with van der Waals surface area (Å²) < 4.78 is 0. The van der Waals surface area contributed by atoms with Gasteiger partial charge in [-0.2, -0.15) is 0 Å². The minimum atomic E-state index is 0.250. The monoisotopic (exact) mass is 243 g/mol. The molecule has 3 rings (SSSR count). The fourth-order valence-electron chi connectivity index (χ4n) is 3.67. The van der Waals surface area contributed by atoms with Crippen LogP contribution >= 0.6 is 0 Å². The molecule has 0 bridgehead atoms. The van der Waals surface area contributed by atoms with Gasteiger partial charge in [-0.1, -0.05) is 24.3 Å². The molecule has 1 N–H and O–H groups in total. The lowest BCUT2D eigenvalue weighted by Gasteiger charge is -2.49. The van der Waals surface area contributed by atoms with Crippen molar-refractivity contribution in [3.05, 3.63) is 42.0 Å². The van der Waals surface area contributed by atoms with E-state index in [-0.39, 0.29) is 5.41 Å². The van der Waals surface area contributed by atoms with Crippen molar-refractivity contribution in [3.63, 3.8) is 0 Å². The highest BCUT2D eigenvalue weighted by Crippen LogP contribution is 2.47. The molecule has 1 saturated heterocycles. The van der Waals surface area contributed by atoms with Gasteiger partial charge >= 0.3 is 0 Å². The van der Waals surface area contributed by atoms with Crippen LogP contribution in [0.25, 0.3) is 0 Å². The van der Waals surface area contributed by atoms with Gasteiger partial charge < -0.3 is 10.0 Å². The van der Waals surface area contributed by atoms with Gasteiger partial charge in [-0.3, -0.25) is 0 Å². The second-order valence-electron chi connectivity index (χ2n) is 5.83. The molecular weight excluding hydrogens is 222 g/mol. The third kappa shape index (κ3) is 1.85. The zero-order valence-corrected chi connectivity index (χ0v) is 11.0. The lowest BCUT2D eigenvalue weighted by molar-refractivity contribution is 0.106. The lowest BCUT2D eigenvalue weighted by atomic mass is 9.61. The van der Waals surface area contributed by atoms with Crippen LogP contribution in [0.1, 0.15) is 24.8 Å². The first-order valence-electron chi connectivity index (χ1n) is 6.84. The van der Waals surface area contributed by atoms with E-state index in [1.807, 2.05) is 12.1 Å². The summed E-state index contributed by atoms with van der Waals surface area (Å²) in [5.74, 6) is 1.08. The van der Waals surface area contributed by atoms with E-state index in [0.717, 1.165) is 13.0 Å². The molecule has 2 heteroatoms. The SMILES string of the molecule is CN1CC[C@]2(c3cccc(O)c3)CC=CC[C@H]2C1. The van der Waals surface area contributed by atoms with Crippen molar-refractivity contribution < 1.29 is 5.11 Å². The number of fused-ring (bicyclic) bond motifs is 1. The number of phenols is 1. The van der Waals surface area contributed by atoms with E-state index in [4.69, 9.17) is 0 Å². The Labute approximate surface area is 109 Å². The Morgan fingerprint density at radius 1 is 1.33 bits per heavy atom. The molecule has 1 heterocycles. The molecular formula is C16H21NO. The van der Waals surface area contributed by atoms with E-state index in [1.165, 1.54) is 24.9 Å². The molecule has 2 nitrogen and oxygen atoms in total.